The maximum absolute atomic E-state index is 14.4. The molecule has 0 saturated heterocycles. The normalized spacial score (nSPS) is 17.9. The van der Waals surface area contributed by atoms with Crippen LogP contribution < -0.4 is 14.8 Å². The van der Waals surface area contributed by atoms with Crippen LogP contribution in [0.5, 0.6) is 11.5 Å². The van der Waals surface area contributed by atoms with E-state index in [0.717, 1.165) is 6.42 Å². The summed E-state index contributed by atoms with van der Waals surface area (Å²) in [4.78, 5) is 12.0. The largest absolute Gasteiger partial charge is 0.490 e. The lowest BCUT2D eigenvalue weighted by atomic mass is 9.65. The highest BCUT2D eigenvalue weighted by atomic mass is 19.1. The first-order valence-electron chi connectivity index (χ1n) is 12.4. The zero-order valence-electron chi connectivity index (χ0n) is 21.0. The molecule has 3 atom stereocenters. The minimum atomic E-state index is -1.19. The molecular formula is C30H28FN3O4. The Morgan fingerprint density at radius 3 is 2.21 bits per heavy atom. The second-order valence-corrected chi connectivity index (χ2v) is 9.07. The molecule has 2 unspecified atom stereocenters. The molecule has 194 valence electrons. The Morgan fingerprint density at radius 1 is 0.974 bits per heavy atom. The van der Waals surface area contributed by atoms with E-state index in [0.29, 0.717) is 54.2 Å². The van der Waals surface area contributed by atoms with Crippen molar-refractivity contribution in [2.24, 2.45) is 5.92 Å². The summed E-state index contributed by atoms with van der Waals surface area (Å²) in [6, 6.07) is 24.4. The Balaban J connectivity index is 1.53. The van der Waals surface area contributed by atoms with Crippen LogP contribution in [0.3, 0.4) is 0 Å². The lowest BCUT2D eigenvalue weighted by molar-refractivity contribution is 0.161. The number of alkyl carbamates (subject to hydrolysis) is 1. The van der Waals surface area contributed by atoms with Crippen molar-refractivity contribution in [3.8, 4) is 23.6 Å². The van der Waals surface area contributed by atoms with Gasteiger partial charge in [0.15, 0.2) is 0 Å². The first-order valence-corrected chi connectivity index (χ1v) is 12.4. The molecule has 7 nitrogen and oxygen atoms in total. The van der Waals surface area contributed by atoms with Crippen molar-refractivity contribution in [1.82, 2.24) is 5.32 Å². The molecule has 8 heteroatoms. The number of amides is 1. The Morgan fingerprint density at radius 2 is 1.63 bits per heavy atom. The topological polar surface area (TPSA) is 104 Å². The van der Waals surface area contributed by atoms with E-state index in [-0.39, 0.29) is 12.0 Å². The number of nitrogens with one attached hydrogen (secondary N) is 1. The average molecular weight is 514 g/mol. The van der Waals surface area contributed by atoms with Crippen LogP contribution in [0.1, 0.15) is 36.0 Å². The number of halogens is 1. The highest BCUT2D eigenvalue weighted by Gasteiger charge is 2.49. The van der Waals surface area contributed by atoms with Crippen LogP contribution in [0, 0.1) is 34.4 Å². The first kappa shape index (κ1) is 26.5. The molecule has 0 heterocycles. The van der Waals surface area contributed by atoms with E-state index in [1.165, 1.54) is 19.2 Å². The summed E-state index contributed by atoms with van der Waals surface area (Å²) in [5.41, 5.74) is 0.593. The van der Waals surface area contributed by atoms with Gasteiger partial charge in [0.1, 0.15) is 35.9 Å². The van der Waals surface area contributed by atoms with Gasteiger partial charge in [0.2, 0.25) is 0 Å². The molecule has 3 aromatic carbocycles. The van der Waals surface area contributed by atoms with E-state index in [4.69, 9.17) is 19.5 Å². The standard InChI is InChI=1S/C30H28FN3O4/c1-36-29(35)34-28-7-3-6-27(28)30(20-33,23-4-2-5-24(31)18-23)22-10-14-26(15-11-22)38-17-16-37-25-12-8-21(19-32)9-13-25/h2,4-5,8-15,18,27-28H,3,6-7,16-17H2,1H3,(H,34,35)/t27?,28-,30?/m0/s1. The van der Waals surface area contributed by atoms with Gasteiger partial charge in [-0.25, -0.2) is 9.18 Å². The van der Waals surface area contributed by atoms with Gasteiger partial charge in [0.25, 0.3) is 0 Å². The van der Waals surface area contributed by atoms with Gasteiger partial charge < -0.3 is 19.5 Å². The molecule has 1 aliphatic rings. The molecule has 38 heavy (non-hydrogen) atoms. The van der Waals surface area contributed by atoms with Crippen LogP contribution in [0.4, 0.5) is 9.18 Å². The third-order valence-corrected chi connectivity index (χ3v) is 6.93. The lowest BCUT2D eigenvalue weighted by Crippen LogP contribution is -2.47. The molecule has 1 aliphatic carbocycles. The van der Waals surface area contributed by atoms with Crippen molar-refractivity contribution in [3.05, 3.63) is 95.3 Å². The monoisotopic (exact) mass is 513 g/mol. The Bertz CT molecular complexity index is 1330. The van der Waals surface area contributed by atoms with Crippen LogP contribution in [0.15, 0.2) is 72.8 Å². The third kappa shape index (κ3) is 5.71. The maximum atomic E-state index is 14.4. The van der Waals surface area contributed by atoms with E-state index < -0.39 is 17.3 Å². The van der Waals surface area contributed by atoms with E-state index in [9.17, 15) is 14.4 Å². The summed E-state index contributed by atoms with van der Waals surface area (Å²) >= 11 is 0. The molecule has 0 radical (unpaired) electrons. The highest BCUT2D eigenvalue weighted by Crippen LogP contribution is 2.47. The third-order valence-electron chi connectivity index (χ3n) is 6.93. The zero-order valence-corrected chi connectivity index (χ0v) is 21.0. The number of carbonyl (C=O) groups excluding carboxylic acids is 1. The summed E-state index contributed by atoms with van der Waals surface area (Å²) in [6.45, 7) is 0.600. The van der Waals surface area contributed by atoms with Gasteiger partial charge in [-0.1, -0.05) is 30.7 Å². The van der Waals surface area contributed by atoms with E-state index in [2.05, 4.69) is 17.5 Å². The Hall–Kier alpha value is -4.56. The predicted molar refractivity (Wildman–Crippen MR) is 138 cm³/mol. The van der Waals surface area contributed by atoms with Gasteiger partial charge in [-0.15, -0.1) is 0 Å². The van der Waals surface area contributed by atoms with Gasteiger partial charge in [0, 0.05) is 12.0 Å². The van der Waals surface area contributed by atoms with Crippen LogP contribution in [-0.4, -0.2) is 32.5 Å². The van der Waals surface area contributed by atoms with Crippen LogP contribution in [0.2, 0.25) is 0 Å². The number of ether oxygens (including phenoxy) is 3. The molecule has 3 aromatic rings. The fourth-order valence-electron chi connectivity index (χ4n) is 5.16. The van der Waals surface area contributed by atoms with Gasteiger partial charge in [-0.2, -0.15) is 10.5 Å². The number of carbonyl (C=O) groups is 1. The van der Waals surface area contributed by atoms with Crippen molar-refractivity contribution in [3.63, 3.8) is 0 Å². The molecule has 1 saturated carbocycles. The molecule has 4 rings (SSSR count). The molecule has 0 bridgehead atoms. The van der Waals surface area contributed by atoms with Crippen LogP contribution in [-0.2, 0) is 10.2 Å². The average Bonchev–Trinajstić information content (AvgIpc) is 3.41. The molecule has 1 fully saturated rings. The number of rotatable bonds is 9. The number of benzene rings is 3. The Labute approximate surface area is 221 Å². The van der Waals surface area contributed by atoms with Crippen molar-refractivity contribution < 1.29 is 23.4 Å². The Kier molecular flexibility index (Phi) is 8.45. The minimum Gasteiger partial charge on any atom is -0.490 e. The molecular weight excluding hydrogens is 485 g/mol. The second-order valence-electron chi connectivity index (χ2n) is 9.07. The van der Waals surface area contributed by atoms with Gasteiger partial charge in [-0.3, -0.25) is 0 Å². The quantitative estimate of drug-likeness (QED) is 0.380. The molecule has 1 N–H and O–H groups in total. The zero-order chi connectivity index (χ0) is 27.0. The van der Waals surface area contributed by atoms with Gasteiger partial charge >= 0.3 is 6.09 Å². The van der Waals surface area contributed by atoms with E-state index >= 15 is 0 Å². The number of nitrogens with zero attached hydrogens (tertiary/aromatic N) is 2. The number of hydrogen-bond donors (Lipinski definition) is 1. The smallest absolute Gasteiger partial charge is 0.407 e. The summed E-state index contributed by atoms with van der Waals surface area (Å²) in [5.74, 6) is 0.517. The summed E-state index contributed by atoms with van der Waals surface area (Å²) < 4.78 is 30.6. The SMILES string of the molecule is COC(=O)N[C@H]1CCCC1C(C#N)(c1ccc(OCCOc2ccc(C#N)cc2)cc1)c1cccc(F)c1. The van der Waals surface area contributed by atoms with Crippen LogP contribution in [0.25, 0.3) is 0 Å². The summed E-state index contributed by atoms with van der Waals surface area (Å²) in [7, 11) is 1.30. The highest BCUT2D eigenvalue weighted by molar-refractivity contribution is 5.67. The minimum absolute atomic E-state index is 0.291. The molecule has 1 amide bonds. The fourth-order valence-corrected chi connectivity index (χ4v) is 5.16. The van der Waals surface area contributed by atoms with Crippen molar-refractivity contribution in [1.29, 1.82) is 10.5 Å². The first-order chi connectivity index (χ1) is 18.5. The number of nitriles is 2. The lowest BCUT2D eigenvalue weighted by Gasteiger charge is -2.37. The maximum Gasteiger partial charge on any atom is 0.407 e. The van der Waals surface area contributed by atoms with E-state index in [1.54, 1.807) is 48.5 Å². The second kappa shape index (κ2) is 12.1. The summed E-state index contributed by atoms with van der Waals surface area (Å²) in [6.07, 6.45) is 1.64. The van der Waals surface area contributed by atoms with Crippen molar-refractivity contribution in [2.75, 3.05) is 20.3 Å². The predicted octanol–water partition coefficient (Wildman–Crippen LogP) is 5.49. The van der Waals surface area contributed by atoms with Gasteiger partial charge in [0.05, 0.1) is 24.8 Å². The van der Waals surface area contributed by atoms with Crippen LogP contribution >= 0.6 is 0 Å². The fraction of sp³-hybridized carbons (Fsp3) is 0.300. The number of methoxy groups -OCH3 is 1. The van der Waals surface area contributed by atoms with Gasteiger partial charge in [-0.05, 0) is 72.5 Å². The summed E-state index contributed by atoms with van der Waals surface area (Å²) in [5, 5.41) is 22.4. The molecule has 0 spiro atoms. The molecule has 0 aliphatic heterocycles. The molecule has 0 aromatic heterocycles. The van der Waals surface area contributed by atoms with Crippen molar-refractivity contribution in [2.45, 2.75) is 30.7 Å². The van der Waals surface area contributed by atoms with E-state index in [1.807, 2.05) is 12.1 Å². The van der Waals surface area contributed by atoms with Crippen molar-refractivity contribution >= 4 is 6.09 Å². The number of hydrogen-bond acceptors (Lipinski definition) is 6.